The first kappa shape index (κ1) is 11.9. The minimum absolute atomic E-state index is 0. The minimum atomic E-state index is 0. The second-order valence-corrected chi connectivity index (χ2v) is 3.35. The van der Waals surface area contributed by atoms with Crippen LogP contribution in [0.25, 0.3) is 0 Å². The number of ketones is 1. The van der Waals surface area contributed by atoms with Crippen molar-refractivity contribution in [2.24, 2.45) is 0 Å². The fourth-order valence-electron chi connectivity index (χ4n) is 1.50. The molecule has 1 rings (SSSR count). The molecule has 0 amide bonds. The Balaban J connectivity index is 0.00000121. The molecule has 0 spiro atoms. The Morgan fingerprint density at radius 3 is 2.33 bits per heavy atom. The Kier molecular flexibility index (Phi) is 6.39. The van der Waals surface area contributed by atoms with Crippen molar-refractivity contribution in [1.82, 2.24) is 4.90 Å². The highest BCUT2D eigenvalue weighted by Crippen LogP contribution is 2.08. The van der Waals surface area contributed by atoms with Gasteiger partial charge in [0, 0.05) is 13.0 Å². The molecule has 1 aliphatic rings. The Morgan fingerprint density at radius 2 is 1.83 bits per heavy atom. The van der Waals surface area contributed by atoms with Gasteiger partial charge in [0.1, 0.15) is 5.78 Å². The van der Waals surface area contributed by atoms with Crippen LogP contribution in [0.2, 0.25) is 0 Å². The van der Waals surface area contributed by atoms with Crippen LogP contribution in [0.15, 0.2) is 0 Å². The number of nitrogens with zero attached hydrogens (tertiary/aromatic N) is 1. The molecule has 0 bridgehead atoms. The van der Waals surface area contributed by atoms with Crippen LogP contribution in [-0.4, -0.2) is 30.3 Å². The highest BCUT2D eigenvalue weighted by molar-refractivity contribution is 5.85. The van der Waals surface area contributed by atoms with Gasteiger partial charge in [-0.25, -0.2) is 0 Å². The summed E-state index contributed by atoms with van der Waals surface area (Å²) < 4.78 is 0. The van der Waals surface area contributed by atoms with E-state index in [0.29, 0.717) is 5.78 Å². The second kappa shape index (κ2) is 6.44. The summed E-state index contributed by atoms with van der Waals surface area (Å²) in [5.74, 6) is 0.315. The van der Waals surface area contributed by atoms with E-state index in [0.717, 1.165) is 13.0 Å². The first-order chi connectivity index (χ1) is 5.29. The third kappa shape index (κ3) is 4.73. The lowest BCUT2D eigenvalue weighted by Crippen LogP contribution is -2.31. The number of halogens is 1. The number of carbonyl (C=O) groups is 1. The maximum atomic E-state index is 10.7. The molecule has 0 aromatic heterocycles. The van der Waals surface area contributed by atoms with Gasteiger partial charge in [-0.15, -0.1) is 12.4 Å². The molecule has 0 saturated carbocycles. The summed E-state index contributed by atoms with van der Waals surface area (Å²) in [7, 11) is 0. The minimum Gasteiger partial charge on any atom is -0.303 e. The van der Waals surface area contributed by atoms with Crippen LogP contribution < -0.4 is 0 Å². The summed E-state index contributed by atoms with van der Waals surface area (Å²) in [5, 5.41) is 0. The maximum absolute atomic E-state index is 10.7. The Labute approximate surface area is 80.7 Å². The first-order valence-electron chi connectivity index (χ1n) is 4.51. The molecule has 1 aliphatic heterocycles. The standard InChI is InChI=1S/C9H17NO.ClH/c1-9(11)5-8-10-6-3-2-4-7-10;/h2-8H2,1H3;1H. The summed E-state index contributed by atoms with van der Waals surface area (Å²) in [4.78, 5) is 13.1. The van der Waals surface area contributed by atoms with Crippen molar-refractivity contribution < 1.29 is 4.79 Å². The number of carbonyl (C=O) groups excluding carboxylic acids is 1. The van der Waals surface area contributed by atoms with Crippen molar-refractivity contribution >= 4 is 18.2 Å². The van der Waals surface area contributed by atoms with E-state index in [9.17, 15) is 4.79 Å². The summed E-state index contributed by atoms with van der Waals surface area (Å²) in [6.45, 7) is 5.06. The predicted octanol–water partition coefficient (Wildman–Crippen LogP) is 1.87. The Morgan fingerprint density at radius 1 is 1.25 bits per heavy atom. The fourth-order valence-corrected chi connectivity index (χ4v) is 1.50. The van der Waals surface area contributed by atoms with Gasteiger partial charge < -0.3 is 4.90 Å². The zero-order valence-corrected chi connectivity index (χ0v) is 8.53. The molecule has 0 N–H and O–H groups in total. The van der Waals surface area contributed by atoms with Gasteiger partial charge in [-0.3, -0.25) is 4.79 Å². The molecular weight excluding hydrogens is 174 g/mol. The lowest BCUT2D eigenvalue weighted by molar-refractivity contribution is -0.117. The summed E-state index contributed by atoms with van der Waals surface area (Å²) >= 11 is 0. The molecule has 3 heteroatoms. The molecular formula is C9H18ClNO. The van der Waals surface area contributed by atoms with Gasteiger partial charge in [-0.05, 0) is 32.9 Å². The van der Waals surface area contributed by atoms with Gasteiger partial charge in [0.25, 0.3) is 0 Å². The van der Waals surface area contributed by atoms with E-state index < -0.39 is 0 Å². The molecule has 1 saturated heterocycles. The number of hydrogen-bond donors (Lipinski definition) is 0. The smallest absolute Gasteiger partial charge is 0.131 e. The van der Waals surface area contributed by atoms with E-state index in [1.54, 1.807) is 6.92 Å². The first-order valence-corrected chi connectivity index (χ1v) is 4.51. The third-order valence-corrected chi connectivity index (χ3v) is 2.23. The van der Waals surface area contributed by atoms with E-state index in [2.05, 4.69) is 4.90 Å². The van der Waals surface area contributed by atoms with E-state index >= 15 is 0 Å². The van der Waals surface area contributed by atoms with Gasteiger partial charge >= 0.3 is 0 Å². The normalized spacial score (nSPS) is 18.4. The zero-order valence-electron chi connectivity index (χ0n) is 7.71. The molecule has 0 aliphatic carbocycles. The molecule has 1 fully saturated rings. The van der Waals surface area contributed by atoms with E-state index in [-0.39, 0.29) is 12.4 Å². The second-order valence-electron chi connectivity index (χ2n) is 3.35. The third-order valence-electron chi connectivity index (χ3n) is 2.23. The molecule has 12 heavy (non-hydrogen) atoms. The van der Waals surface area contributed by atoms with Crippen LogP contribution >= 0.6 is 12.4 Å². The molecule has 2 nitrogen and oxygen atoms in total. The van der Waals surface area contributed by atoms with Crippen LogP contribution in [0.4, 0.5) is 0 Å². The molecule has 0 unspecified atom stereocenters. The summed E-state index contributed by atoms with van der Waals surface area (Å²) in [5.41, 5.74) is 0. The summed E-state index contributed by atoms with van der Waals surface area (Å²) in [6.07, 6.45) is 4.74. The largest absolute Gasteiger partial charge is 0.303 e. The summed E-state index contributed by atoms with van der Waals surface area (Å²) in [6, 6.07) is 0. The predicted molar refractivity (Wildman–Crippen MR) is 52.8 cm³/mol. The zero-order chi connectivity index (χ0) is 8.10. The molecule has 1 heterocycles. The average molecular weight is 192 g/mol. The van der Waals surface area contributed by atoms with Crippen LogP contribution in [0, 0.1) is 0 Å². The highest BCUT2D eigenvalue weighted by atomic mass is 35.5. The van der Waals surface area contributed by atoms with Crippen molar-refractivity contribution in [3.05, 3.63) is 0 Å². The van der Waals surface area contributed by atoms with Crippen molar-refractivity contribution in [1.29, 1.82) is 0 Å². The molecule has 0 atom stereocenters. The fraction of sp³-hybridized carbons (Fsp3) is 0.889. The van der Waals surface area contributed by atoms with Crippen molar-refractivity contribution in [3.8, 4) is 0 Å². The molecule has 0 radical (unpaired) electrons. The number of rotatable bonds is 3. The van der Waals surface area contributed by atoms with E-state index in [1.807, 2.05) is 0 Å². The highest BCUT2D eigenvalue weighted by Gasteiger charge is 2.09. The Hall–Kier alpha value is -0.0800. The van der Waals surface area contributed by atoms with E-state index in [4.69, 9.17) is 0 Å². The number of likely N-dealkylation sites (tertiary alicyclic amines) is 1. The van der Waals surface area contributed by atoms with Gasteiger partial charge in [0.2, 0.25) is 0 Å². The van der Waals surface area contributed by atoms with Gasteiger partial charge in [-0.2, -0.15) is 0 Å². The van der Waals surface area contributed by atoms with Crippen LogP contribution in [0.1, 0.15) is 32.6 Å². The molecule has 0 aromatic carbocycles. The van der Waals surface area contributed by atoms with Crippen LogP contribution in [0.5, 0.6) is 0 Å². The number of hydrogen-bond acceptors (Lipinski definition) is 2. The van der Waals surface area contributed by atoms with Crippen molar-refractivity contribution in [2.75, 3.05) is 19.6 Å². The molecule has 72 valence electrons. The van der Waals surface area contributed by atoms with Crippen LogP contribution in [0.3, 0.4) is 0 Å². The van der Waals surface area contributed by atoms with Gasteiger partial charge in [-0.1, -0.05) is 6.42 Å². The van der Waals surface area contributed by atoms with Gasteiger partial charge in [0.05, 0.1) is 0 Å². The van der Waals surface area contributed by atoms with Crippen LogP contribution in [-0.2, 0) is 4.79 Å². The lowest BCUT2D eigenvalue weighted by Gasteiger charge is -2.25. The number of Topliss-reactive ketones (excluding diaryl/α,β-unsaturated/α-hetero) is 1. The maximum Gasteiger partial charge on any atom is 0.131 e. The SMILES string of the molecule is CC(=O)CCN1CCCCC1.Cl. The average Bonchev–Trinajstić information content (AvgIpc) is 2.03. The topological polar surface area (TPSA) is 20.3 Å². The molecule has 0 aromatic rings. The quantitative estimate of drug-likeness (QED) is 0.679. The monoisotopic (exact) mass is 191 g/mol. The lowest BCUT2D eigenvalue weighted by atomic mass is 10.1. The number of piperidine rings is 1. The van der Waals surface area contributed by atoms with E-state index in [1.165, 1.54) is 32.4 Å². The Bertz CT molecular complexity index is 132. The van der Waals surface area contributed by atoms with Crippen molar-refractivity contribution in [3.63, 3.8) is 0 Å². The van der Waals surface area contributed by atoms with Gasteiger partial charge in [0.15, 0.2) is 0 Å². The van der Waals surface area contributed by atoms with Crippen molar-refractivity contribution in [2.45, 2.75) is 32.6 Å².